The van der Waals surface area contributed by atoms with Crippen molar-refractivity contribution in [1.82, 2.24) is 9.55 Å². The second-order valence-corrected chi connectivity index (χ2v) is 3.85. The number of hydrogen-bond donors (Lipinski definition) is 1. The number of H-pyrrole nitrogens is 1. The predicted molar refractivity (Wildman–Crippen MR) is 57.8 cm³/mol. The summed E-state index contributed by atoms with van der Waals surface area (Å²) in [5, 5.41) is 0. The van der Waals surface area contributed by atoms with E-state index in [0.717, 1.165) is 5.52 Å². The number of hydrogen-bond acceptors (Lipinski definition) is 1. The van der Waals surface area contributed by atoms with E-state index in [1.807, 2.05) is 6.07 Å². The Balaban J connectivity index is 2.37. The van der Waals surface area contributed by atoms with Gasteiger partial charge in [-0.1, -0.05) is 12.1 Å². The van der Waals surface area contributed by atoms with Gasteiger partial charge in [0.15, 0.2) is 4.77 Å². The Morgan fingerprint density at radius 3 is 2.62 bits per heavy atom. The van der Waals surface area contributed by atoms with Crippen LogP contribution in [0.4, 0.5) is 13.2 Å². The van der Waals surface area contributed by atoms with Gasteiger partial charge in [-0.15, -0.1) is 0 Å². The molecule has 86 valence electrons. The molecule has 0 radical (unpaired) electrons. The van der Waals surface area contributed by atoms with Crippen LogP contribution in [0.1, 0.15) is 6.42 Å². The van der Waals surface area contributed by atoms with Crippen molar-refractivity contribution in [3.05, 3.63) is 29.0 Å². The molecule has 1 heterocycles. The Kier molecular flexibility index (Phi) is 2.75. The first-order valence-corrected chi connectivity index (χ1v) is 5.12. The second-order valence-electron chi connectivity index (χ2n) is 3.46. The fraction of sp³-hybridized carbons (Fsp3) is 0.300. The maximum absolute atomic E-state index is 12.1. The SMILES string of the molecule is FC(F)(F)CCn1c(=S)[nH]c2ccccc21. The predicted octanol–water partition coefficient (Wildman–Crippen LogP) is 3.65. The molecule has 16 heavy (non-hydrogen) atoms. The number of rotatable bonds is 2. The van der Waals surface area contributed by atoms with Crippen molar-refractivity contribution in [2.24, 2.45) is 0 Å². The number of imidazole rings is 1. The first kappa shape index (κ1) is 11.2. The highest BCUT2D eigenvalue weighted by Gasteiger charge is 2.27. The van der Waals surface area contributed by atoms with Crippen LogP contribution in [0.25, 0.3) is 11.0 Å². The van der Waals surface area contributed by atoms with Crippen LogP contribution in [-0.4, -0.2) is 15.7 Å². The Morgan fingerprint density at radius 1 is 1.25 bits per heavy atom. The third-order valence-corrected chi connectivity index (χ3v) is 2.62. The number of aromatic amines is 1. The van der Waals surface area contributed by atoms with Gasteiger partial charge < -0.3 is 9.55 Å². The normalized spacial score (nSPS) is 12.2. The highest BCUT2D eigenvalue weighted by atomic mass is 32.1. The van der Waals surface area contributed by atoms with Gasteiger partial charge in [0.05, 0.1) is 17.5 Å². The van der Waals surface area contributed by atoms with Gasteiger partial charge in [-0.25, -0.2) is 0 Å². The second kappa shape index (κ2) is 3.93. The number of benzene rings is 1. The van der Waals surface area contributed by atoms with Crippen LogP contribution >= 0.6 is 12.2 Å². The molecule has 2 rings (SSSR count). The monoisotopic (exact) mass is 246 g/mol. The summed E-state index contributed by atoms with van der Waals surface area (Å²) in [6, 6.07) is 7.12. The van der Waals surface area contributed by atoms with Crippen molar-refractivity contribution in [3.8, 4) is 0 Å². The minimum atomic E-state index is -4.16. The van der Waals surface area contributed by atoms with Crippen LogP contribution in [0.3, 0.4) is 0 Å². The highest BCUT2D eigenvalue weighted by molar-refractivity contribution is 7.71. The van der Waals surface area contributed by atoms with Crippen molar-refractivity contribution in [3.63, 3.8) is 0 Å². The zero-order valence-corrected chi connectivity index (χ0v) is 9.03. The maximum Gasteiger partial charge on any atom is 0.390 e. The molecule has 6 heteroatoms. The molecule has 0 amide bonds. The van der Waals surface area contributed by atoms with Gasteiger partial charge in [-0.05, 0) is 24.4 Å². The lowest BCUT2D eigenvalue weighted by atomic mass is 10.3. The summed E-state index contributed by atoms with van der Waals surface area (Å²) in [5.41, 5.74) is 1.46. The Hall–Kier alpha value is -1.30. The molecule has 2 aromatic rings. The van der Waals surface area contributed by atoms with Gasteiger partial charge in [-0.3, -0.25) is 0 Å². The smallest absolute Gasteiger partial charge is 0.331 e. The van der Waals surface area contributed by atoms with Crippen LogP contribution in [0.15, 0.2) is 24.3 Å². The summed E-state index contributed by atoms with van der Waals surface area (Å²) < 4.78 is 38.2. The van der Waals surface area contributed by atoms with Crippen LogP contribution in [0.5, 0.6) is 0 Å². The first-order valence-electron chi connectivity index (χ1n) is 4.72. The van der Waals surface area contributed by atoms with E-state index in [2.05, 4.69) is 4.98 Å². The summed E-state index contributed by atoms with van der Waals surface area (Å²) in [5.74, 6) is 0. The summed E-state index contributed by atoms with van der Waals surface area (Å²) in [4.78, 5) is 2.87. The van der Waals surface area contributed by atoms with Crippen LogP contribution in [0.2, 0.25) is 0 Å². The van der Waals surface area contributed by atoms with Gasteiger partial charge in [0.25, 0.3) is 0 Å². The van der Waals surface area contributed by atoms with E-state index in [4.69, 9.17) is 12.2 Å². The summed E-state index contributed by atoms with van der Waals surface area (Å²) >= 11 is 4.98. The zero-order chi connectivity index (χ0) is 11.8. The molecule has 2 nitrogen and oxygen atoms in total. The molecule has 1 aromatic heterocycles. The molecular weight excluding hydrogens is 237 g/mol. The molecule has 0 fully saturated rings. The van der Waals surface area contributed by atoms with E-state index in [1.165, 1.54) is 4.57 Å². The van der Waals surface area contributed by atoms with Gasteiger partial charge in [0, 0.05) is 6.54 Å². The van der Waals surface area contributed by atoms with Crippen molar-refractivity contribution >= 4 is 23.3 Å². The van der Waals surface area contributed by atoms with Crippen LogP contribution in [-0.2, 0) is 6.54 Å². The molecule has 0 saturated heterocycles. The maximum atomic E-state index is 12.1. The lowest BCUT2D eigenvalue weighted by Gasteiger charge is -2.07. The number of nitrogens with zero attached hydrogens (tertiary/aromatic N) is 1. The molecule has 0 aliphatic heterocycles. The van der Waals surface area contributed by atoms with E-state index >= 15 is 0 Å². The number of alkyl halides is 3. The number of nitrogens with one attached hydrogen (secondary N) is 1. The molecule has 0 bridgehead atoms. The fourth-order valence-electron chi connectivity index (χ4n) is 1.57. The number of aromatic nitrogens is 2. The topological polar surface area (TPSA) is 20.7 Å². The fourth-order valence-corrected chi connectivity index (χ4v) is 1.87. The van der Waals surface area contributed by atoms with Gasteiger partial charge in [-0.2, -0.15) is 13.2 Å². The van der Waals surface area contributed by atoms with Crippen molar-refractivity contribution in [2.75, 3.05) is 0 Å². The van der Waals surface area contributed by atoms with Gasteiger partial charge >= 0.3 is 6.18 Å². The van der Waals surface area contributed by atoms with Gasteiger partial charge in [0.2, 0.25) is 0 Å². The minimum Gasteiger partial charge on any atom is -0.331 e. The lowest BCUT2D eigenvalue weighted by Crippen LogP contribution is -2.12. The first-order chi connectivity index (χ1) is 7.47. The number of fused-ring (bicyclic) bond motifs is 1. The summed E-state index contributed by atoms with van der Waals surface area (Å²) in [6.45, 7) is -0.146. The summed E-state index contributed by atoms with van der Waals surface area (Å²) in [6.07, 6.45) is -5.03. The average Bonchev–Trinajstić information content (AvgIpc) is 2.49. The van der Waals surface area contributed by atoms with Crippen LogP contribution in [0, 0.1) is 4.77 Å². The molecule has 0 atom stereocenters. The number of aryl methyl sites for hydroxylation is 1. The largest absolute Gasteiger partial charge is 0.390 e. The van der Waals surface area contributed by atoms with Crippen molar-refractivity contribution < 1.29 is 13.2 Å². The van der Waals surface area contributed by atoms with Gasteiger partial charge in [0.1, 0.15) is 0 Å². The van der Waals surface area contributed by atoms with E-state index < -0.39 is 12.6 Å². The van der Waals surface area contributed by atoms with E-state index in [-0.39, 0.29) is 6.54 Å². The number of halogens is 3. The van der Waals surface area contributed by atoms with E-state index in [1.54, 1.807) is 18.2 Å². The van der Waals surface area contributed by atoms with Crippen LogP contribution < -0.4 is 0 Å². The molecule has 0 saturated carbocycles. The average molecular weight is 246 g/mol. The van der Waals surface area contributed by atoms with Crippen molar-refractivity contribution in [1.29, 1.82) is 0 Å². The van der Waals surface area contributed by atoms with E-state index in [9.17, 15) is 13.2 Å². The lowest BCUT2D eigenvalue weighted by molar-refractivity contribution is -0.136. The molecule has 0 aliphatic carbocycles. The Labute approximate surface area is 94.7 Å². The molecule has 0 spiro atoms. The Bertz CT molecular complexity index is 553. The highest BCUT2D eigenvalue weighted by Crippen LogP contribution is 2.22. The Morgan fingerprint density at radius 2 is 1.94 bits per heavy atom. The zero-order valence-electron chi connectivity index (χ0n) is 8.21. The van der Waals surface area contributed by atoms with E-state index in [0.29, 0.717) is 10.3 Å². The third-order valence-electron chi connectivity index (χ3n) is 2.30. The quantitative estimate of drug-likeness (QED) is 0.802. The minimum absolute atomic E-state index is 0.146. The number of para-hydroxylation sites is 2. The van der Waals surface area contributed by atoms with Crippen molar-refractivity contribution in [2.45, 2.75) is 19.1 Å². The molecule has 1 aromatic carbocycles. The third kappa shape index (κ3) is 2.27. The standard InChI is InChI=1S/C10H9F3N2S/c11-10(12,13)5-6-15-8-4-2-1-3-7(8)14-9(15)16/h1-4H,5-6H2,(H,14,16). The molecular formula is C10H9F3N2S. The summed E-state index contributed by atoms with van der Waals surface area (Å²) in [7, 11) is 0. The molecule has 0 unspecified atom stereocenters. The molecule has 1 N–H and O–H groups in total. The molecule has 0 aliphatic rings.